The van der Waals surface area contributed by atoms with Crippen LogP contribution in [0.2, 0.25) is 0 Å². The van der Waals surface area contributed by atoms with Crippen molar-refractivity contribution in [2.24, 2.45) is 0 Å². The molecule has 3 rings (SSSR count). The zero-order chi connectivity index (χ0) is 18.6. The molecule has 0 aliphatic heterocycles. The van der Waals surface area contributed by atoms with Crippen LogP contribution in [0.15, 0.2) is 91.0 Å². The molecule has 0 spiro atoms. The molecule has 0 aliphatic carbocycles. The molecule has 26 heavy (non-hydrogen) atoms. The van der Waals surface area contributed by atoms with Crippen molar-refractivity contribution in [3.63, 3.8) is 0 Å². The summed E-state index contributed by atoms with van der Waals surface area (Å²) in [6.45, 7) is 5.91. The minimum Gasteiger partial charge on any atom is -0.221 e. The molecule has 0 heterocycles. The summed E-state index contributed by atoms with van der Waals surface area (Å²) < 4.78 is 1.72. The maximum Gasteiger partial charge on any atom is 0.0130 e. The van der Waals surface area contributed by atoms with E-state index in [1.807, 2.05) is 13.8 Å². The highest BCUT2D eigenvalue weighted by molar-refractivity contribution is 6.13. The molecule has 0 unspecified atom stereocenters. The first-order chi connectivity index (χ1) is 12.7. The molecule has 0 aromatic heterocycles. The van der Waals surface area contributed by atoms with E-state index in [0.717, 1.165) is 19.5 Å². The Bertz CT molecular complexity index is 669. The molecule has 136 valence electrons. The lowest BCUT2D eigenvalue weighted by Crippen LogP contribution is -2.08. The molecule has 0 atom stereocenters. The van der Waals surface area contributed by atoms with Crippen LogP contribution < -0.4 is 0 Å². The third-order valence-corrected chi connectivity index (χ3v) is 4.85. The van der Waals surface area contributed by atoms with Gasteiger partial charge in [-0.1, -0.05) is 105 Å². The molecule has 1 nitrogen and oxygen atoms in total. The highest BCUT2D eigenvalue weighted by Gasteiger charge is 2.14. The first kappa shape index (κ1) is 20.2. The molecule has 0 amide bonds. The van der Waals surface area contributed by atoms with Crippen molar-refractivity contribution >= 4 is 11.8 Å². The normalized spacial score (nSPS) is 10.5. The van der Waals surface area contributed by atoms with Gasteiger partial charge >= 0.3 is 0 Å². The first-order valence-corrected chi connectivity index (χ1v) is 9.62. The van der Waals surface area contributed by atoms with E-state index in [9.17, 15) is 0 Å². The first-order valence-electron chi connectivity index (χ1n) is 9.29. The topological polar surface area (TPSA) is 3.24 Å². The van der Waals surface area contributed by atoms with Gasteiger partial charge in [0.25, 0.3) is 0 Å². The Morgan fingerprint density at radius 2 is 1.04 bits per heavy atom. The monoisotopic (exact) mass is 365 g/mol. The van der Waals surface area contributed by atoms with Crippen molar-refractivity contribution in [3.05, 3.63) is 108 Å². The van der Waals surface area contributed by atoms with E-state index >= 15 is 0 Å². The average molecular weight is 366 g/mol. The number of hydrogen-bond donors (Lipinski definition) is 0. The SMILES string of the molecule is CCN(Cl)CC.c1ccc(CC(c2ccccc2)c2ccccc2)cc1. The number of benzene rings is 3. The minimum absolute atomic E-state index is 0.416. The summed E-state index contributed by atoms with van der Waals surface area (Å²) in [6, 6.07) is 32.2. The van der Waals surface area contributed by atoms with E-state index in [1.54, 1.807) is 4.42 Å². The molecular formula is C24H28ClN. The molecule has 0 saturated carbocycles. The zero-order valence-corrected chi connectivity index (χ0v) is 16.4. The van der Waals surface area contributed by atoms with Gasteiger partial charge in [0.05, 0.1) is 0 Å². The molecule has 3 aromatic carbocycles. The second kappa shape index (κ2) is 11.5. The number of rotatable bonds is 6. The summed E-state index contributed by atoms with van der Waals surface area (Å²) in [5, 5.41) is 0. The van der Waals surface area contributed by atoms with Crippen LogP contribution in [0, 0.1) is 0 Å². The quantitative estimate of drug-likeness (QED) is 0.448. The predicted molar refractivity (Wildman–Crippen MR) is 114 cm³/mol. The van der Waals surface area contributed by atoms with E-state index in [2.05, 4.69) is 91.0 Å². The van der Waals surface area contributed by atoms with Crippen LogP contribution in [0.25, 0.3) is 0 Å². The third-order valence-electron chi connectivity index (χ3n) is 4.37. The molecular weight excluding hydrogens is 338 g/mol. The molecule has 0 aliphatic rings. The van der Waals surface area contributed by atoms with Gasteiger partial charge in [0.15, 0.2) is 0 Å². The Hall–Kier alpha value is -2.09. The molecule has 2 heteroatoms. The van der Waals surface area contributed by atoms with E-state index in [4.69, 9.17) is 11.8 Å². The van der Waals surface area contributed by atoms with Crippen LogP contribution >= 0.6 is 11.8 Å². The smallest absolute Gasteiger partial charge is 0.0130 e. The number of hydrogen-bond acceptors (Lipinski definition) is 1. The maximum absolute atomic E-state index is 5.48. The van der Waals surface area contributed by atoms with E-state index in [-0.39, 0.29) is 0 Å². The van der Waals surface area contributed by atoms with Crippen LogP contribution in [0.4, 0.5) is 0 Å². The van der Waals surface area contributed by atoms with Crippen molar-refractivity contribution in [1.82, 2.24) is 4.42 Å². The second-order valence-corrected chi connectivity index (χ2v) is 6.64. The van der Waals surface area contributed by atoms with Gasteiger partial charge in [-0.25, -0.2) is 4.42 Å². The van der Waals surface area contributed by atoms with Crippen molar-refractivity contribution in [2.45, 2.75) is 26.2 Å². The lowest BCUT2D eigenvalue weighted by molar-refractivity contribution is 0.507. The van der Waals surface area contributed by atoms with Gasteiger partial charge < -0.3 is 0 Å². The Kier molecular flexibility index (Phi) is 8.95. The molecule has 0 N–H and O–H groups in total. The van der Waals surface area contributed by atoms with Gasteiger partial charge in [-0.05, 0) is 34.9 Å². The summed E-state index contributed by atoms with van der Waals surface area (Å²) in [4.78, 5) is 0. The van der Waals surface area contributed by atoms with Crippen molar-refractivity contribution < 1.29 is 0 Å². The lowest BCUT2D eigenvalue weighted by Gasteiger charge is -2.18. The number of nitrogens with zero attached hydrogens (tertiary/aromatic N) is 1. The van der Waals surface area contributed by atoms with Crippen LogP contribution in [0.5, 0.6) is 0 Å². The second-order valence-electron chi connectivity index (χ2n) is 6.16. The van der Waals surface area contributed by atoms with Gasteiger partial charge in [0.1, 0.15) is 0 Å². The largest absolute Gasteiger partial charge is 0.221 e. The fraction of sp³-hybridized carbons (Fsp3) is 0.250. The molecule has 0 radical (unpaired) electrons. The Balaban J connectivity index is 0.000000352. The number of halogens is 1. The fourth-order valence-corrected chi connectivity index (χ4v) is 2.87. The van der Waals surface area contributed by atoms with Crippen LogP contribution in [0.3, 0.4) is 0 Å². The molecule has 3 aromatic rings. The Morgan fingerprint density at radius 3 is 1.38 bits per heavy atom. The third kappa shape index (κ3) is 6.67. The fourth-order valence-electron chi connectivity index (χ4n) is 2.87. The molecule has 0 saturated heterocycles. The highest BCUT2D eigenvalue weighted by atomic mass is 35.5. The summed E-state index contributed by atoms with van der Waals surface area (Å²) >= 11 is 5.48. The maximum atomic E-state index is 5.48. The van der Waals surface area contributed by atoms with Crippen molar-refractivity contribution in [1.29, 1.82) is 0 Å². The van der Waals surface area contributed by atoms with Gasteiger partial charge in [0, 0.05) is 19.0 Å². The highest BCUT2D eigenvalue weighted by Crippen LogP contribution is 2.28. The molecule has 0 bridgehead atoms. The van der Waals surface area contributed by atoms with Crippen molar-refractivity contribution in [2.75, 3.05) is 13.1 Å². The average Bonchev–Trinajstić information content (AvgIpc) is 2.74. The summed E-state index contributed by atoms with van der Waals surface area (Å²) in [7, 11) is 0. The van der Waals surface area contributed by atoms with Crippen LogP contribution in [-0.4, -0.2) is 17.5 Å². The van der Waals surface area contributed by atoms with Gasteiger partial charge in [-0.15, -0.1) is 0 Å². The minimum atomic E-state index is 0.416. The van der Waals surface area contributed by atoms with Gasteiger partial charge in [-0.3, -0.25) is 0 Å². The Labute approximate surface area is 163 Å². The Morgan fingerprint density at radius 1 is 0.654 bits per heavy atom. The van der Waals surface area contributed by atoms with Gasteiger partial charge in [0.2, 0.25) is 0 Å². The molecule has 0 fully saturated rings. The van der Waals surface area contributed by atoms with E-state index in [1.165, 1.54) is 16.7 Å². The summed E-state index contributed by atoms with van der Waals surface area (Å²) in [5.41, 5.74) is 4.13. The van der Waals surface area contributed by atoms with Crippen LogP contribution in [-0.2, 0) is 6.42 Å². The van der Waals surface area contributed by atoms with Gasteiger partial charge in [-0.2, -0.15) is 0 Å². The van der Waals surface area contributed by atoms with E-state index in [0.29, 0.717) is 5.92 Å². The standard InChI is InChI=1S/C20H18.C4H10ClN/c1-4-10-17(11-5-1)16-20(18-12-6-2-7-13-18)19-14-8-3-9-15-19;1-3-6(5)4-2/h1-15,20H,16H2;3-4H2,1-2H3. The van der Waals surface area contributed by atoms with Crippen LogP contribution in [0.1, 0.15) is 36.5 Å². The lowest BCUT2D eigenvalue weighted by atomic mass is 9.86. The predicted octanol–water partition coefficient (Wildman–Crippen LogP) is 6.54. The summed E-state index contributed by atoms with van der Waals surface area (Å²) in [5.74, 6) is 0.416. The summed E-state index contributed by atoms with van der Waals surface area (Å²) in [6.07, 6.45) is 1.04. The zero-order valence-electron chi connectivity index (χ0n) is 15.7. The van der Waals surface area contributed by atoms with Crippen molar-refractivity contribution in [3.8, 4) is 0 Å². The van der Waals surface area contributed by atoms with E-state index < -0.39 is 0 Å².